The van der Waals surface area contributed by atoms with Gasteiger partial charge in [-0.2, -0.15) is 0 Å². The highest BCUT2D eigenvalue weighted by Gasteiger charge is 2.38. The van der Waals surface area contributed by atoms with Gasteiger partial charge in [0.25, 0.3) is 5.91 Å². The second kappa shape index (κ2) is 9.52. The van der Waals surface area contributed by atoms with Crippen LogP contribution >= 0.6 is 0 Å². The van der Waals surface area contributed by atoms with Crippen molar-refractivity contribution in [3.8, 4) is 5.75 Å². The first kappa shape index (κ1) is 21.9. The number of hydrogen-bond acceptors (Lipinski definition) is 4. The minimum absolute atomic E-state index is 0.0624. The Morgan fingerprint density at radius 3 is 2.61 bits per heavy atom. The molecule has 5 rings (SSSR count). The fourth-order valence-corrected chi connectivity index (χ4v) is 5.40. The second-order valence-corrected chi connectivity index (χ2v) is 9.57. The molecule has 0 bridgehead atoms. The lowest BCUT2D eigenvalue weighted by Crippen LogP contribution is -2.40. The number of benzene rings is 2. The highest BCUT2D eigenvalue weighted by Crippen LogP contribution is 2.35. The number of Topliss-reactive ketones (excluding diaryl/α,β-unsaturated/α-hetero) is 1. The van der Waals surface area contributed by atoms with Crippen LogP contribution in [-0.2, 0) is 17.9 Å². The van der Waals surface area contributed by atoms with Gasteiger partial charge < -0.3 is 15.0 Å². The normalized spacial score (nSPS) is 21.8. The summed E-state index contributed by atoms with van der Waals surface area (Å²) in [7, 11) is 0. The van der Waals surface area contributed by atoms with Gasteiger partial charge in [-0.05, 0) is 74.4 Å². The summed E-state index contributed by atoms with van der Waals surface area (Å²) in [5.74, 6) is 1.42. The van der Waals surface area contributed by atoms with Crippen LogP contribution in [0.15, 0.2) is 54.6 Å². The fraction of sp³-hybridized carbons (Fsp3) is 0.429. The Morgan fingerprint density at radius 1 is 1.03 bits per heavy atom. The van der Waals surface area contributed by atoms with Gasteiger partial charge in [-0.1, -0.05) is 42.5 Å². The Labute approximate surface area is 195 Å². The number of allylic oxidation sites excluding steroid dienone is 1. The Morgan fingerprint density at radius 2 is 1.82 bits per heavy atom. The molecule has 0 radical (unpaired) electrons. The van der Waals surface area contributed by atoms with Crippen LogP contribution in [-0.4, -0.2) is 35.7 Å². The Bertz CT molecular complexity index is 1050. The van der Waals surface area contributed by atoms with E-state index in [1.165, 1.54) is 18.4 Å². The minimum atomic E-state index is -0.362. The van der Waals surface area contributed by atoms with Crippen molar-refractivity contribution in [2.45, 2.75) is 63.6 Å². The van der Waals surface area contributed by atoms with E-state index in [4.69, 9.17) is 4.74 Å². The van der Waals surface area contributed by atoms with E-state index in [1.54, 1.807) is 4.90 Å². The molecule has 1 saturated carbocycles. The third kappa shape index (κ3) is 4.60. The SMILES string of the molecule is C=C1CCC[C@H](N2Cc3c(OCc4ccc(C5CCNCC5)cc4)cccc3C2=O)C(=O)C1. The number of hydrogen-bond donors (Lipinski definition) is 1. The molecule has 2 aromatic rings. The topological polar surface area (TPSA) is 58.6 Å². The average Bonchev–Trinajstić information content (AvgIpc) is 3.07. The summed E-state index contributed by atoms with van der Waals surface area (Å²) in [6, 6.07) is 14.0. The molecule has 2 heterocycles. The lowest BCUT2D eigenvalue weighted by atomic mass is 9.90. The number of carbonyl (C=O) groups is 2. The van der Waals surface area contributed by atoms with E-state index in [1.807, 2.05) is 18.2 Å². The molecule has 0 spiro atoms. The van der Waals surface area contributed by atoms with Crippen molar-refractivity contribution < 1.29 is 14.3 Å². The maximum Gasteiger partial charge on any atom is 0.255 e. The van der Waals surface area contributed by atoms with E-state index in [9.17, 15) is 9.59 Å². The number of carbonyl (C=O) groups excluding carboxylic acids is 2. The molecule has 0 unspecified atom stereocenters. The molecule has 5 heteroatoms. The zero-order chi connectivity index (χ0) is 22.8. The average molecular weight is 445 g/mol. The van der Waals surface area contributed by atoms with E-state index < -0.39 is 0 Å². The molecule has 2 aliphatic heterocycles. The number of fused-ring (bicyclic) bond motifs is 1. The molecule has 33 heavy (non-hydrogen) atoms. The zero-order valence-corrected chi connectivity index (χ0v) is 19.1. The van der Waals surface area contributed by atoms with Crippen LogP contribution in [0.2, 0.25) is 0 Å². The first-order chi connectivity index (χ1) is 16.1. The van der Waals surface area contributed by atoms with E-state index >= 15 is 0 Å². The van der Waals surface area contributed by atoms with Crippen molar-refractivity contribution in [2.24, 2.45) is 0 Å². The predicted octanol–water partition coefficient (Wildman–Crippen LogP) is 4.76. The van der Waals surface area contributed by atoms with Gasteiger partial charge in [0.05, 0.1) is 12.6 Å². The first-order valence-corrected chi connectivity index (χ1v) is 12.1. The maximum absolute atomic E-state index is 13.1. The summed E-state index contributed by atoms with van der Waals surface area (Å²) in [4.78, 5) is 27.6. The van der Waals surface area contributed by atoms with Gasteiger partial charge >= 0.3 is 0 Å². The maximum atomic E-state index is 13.1. The molecule has 2 fully saturated rings. The number of piperidine rings is 1. The van der Waals surface area contributed by atoms with Crippen LogP contribution in [0.25, 0.3) is 0 Å². The Balaban J connectivity index is 1.27. The standard InChI is InChI=1S/C28H32N2O3/c1-19-4-2-6-25(26(31)16-19)30-17-24-23(28(30)32)5-3-7-27(24)33-18-20-8-10-21(11-9-20)22-12-14-29-15-13-22/h3,5,7-11,22,25,29H,1-2,4,6,12-18H2/t25-/m0/s1. The molecule has 1 amide bonds. The van der Waals surface area contributed by atoms with E-state index in [0.717, 1.165) is 48.4 Å². The third-order valence-corrected chi connectivity index (χ3v) is 7.32. The fourth-order valence-electron chi connectivity index (χ4n) is 5.40. The smallest absolute Gasteiger partial charge is 0.255 e. The van der Waals surface area contributed by atoms with E-state index in [2.05, 4.69) is 36.2 Å². The van der Waals surface area contributed by atoms with Crippen LogP contribution in [0.5, 0.6) is 5.75 Å². The van der Waals surface area contributed by atoms with Crippen molar-refractivity contribution >= 4 is 11.7 Å². The second-order valence-electron chi connectivity index (χ2n) is 9.57. The summed E-state index contributed by atoms with van der Waals surface area (Å²) >= 11 is 0. The van der Waals surface area contributed by atoms with Crippen molar-refractivity contribution in [3.63, 3.8) is 0 Å². The highest BCUT2D eigenvalue weighted by molar-refractivity contribution is 6.02. The largest absolute Gasteiger partial charge is 0.489 e. The van der Waals surface area contributed by atoms with Crippen LogP contribution in [0.3, 0.4) is 0 Å². The van der Waals surface area contributed by atoms with Crippen molar-refractivity contribution in [1.29, 1.82) is 0 Å². The van der Waals surface area contributed by atoms with Gasteiger partial charge in [0.2, 0.25) is 0 Å². The van der Waals surface area contributed by atoms with Crippen LogP contribution in [0.1, 0.15) is 71.5 Å². The molecule has 0 aromatic heterocycles. The molecule has 1 aliphatic carbocycles. The first-order valence-electron chi connectivity index (χ1n) is 12.1. The summed E-state index contributed by atoms with van der Waals surface area (Å²) in [5.41, 5.74) is 5.04. The molecule has 172 valence electrons. The number of nitrogens with one attached hydrogen (secondary N) is 1. The number of nitrogens with zero attached hydrogens (tertiary/aromatic N) is 1. The molecular formula is C28H32N2O3. The summed E-state index contributed by atoms with van der Waals surface area (Å²) in [6.07, 6.45) is 5.22. The molecule has 3 aliphatic rings. The lowest BCUT2D eigenvalue weighted by Gasteiger charge is -2.25. The number of rotatable bonds is 5. The molecule has 2 aromatic carbocycles. The van der Waals surface area contributed by atoms with Crippen molar-refractivity contribution in [3.05, 3.63) is 76.9 Å². The quantitative estimate of drug-likeness (QED) is 0.534. The van der Waals surface area contributed by atoms with E-state index in [0.29, 0.717) is 37.5 Å². The van der Waals surface area contributed by atoms with Gasteiger partial charge in [0.1, 0.15) is 12.4 Å². The van der Waals surface area contributed by atoms with E-state index in [-0.39, 0.29) is 17.7 Å². The molecular weight excluding hydrogens is 412 g/mol. The monoisotopic (exact) mass is 444 g/mol. The lowest BCUT2D eigenvalue weighted by molar-refractivity contribution is -0.122. The predicted molar refractivity (Wildman–Crippen MR) is 128 cm³/mol. The van der Waals surface area contributed by atoms with Crippen LogP contribution < -0.4 is 10.1 Å². The zero-order valence-electron chi connectivity index (χ0n) is 19.1. The summed E-state index contributed by atoms with van der Waals surface area (Å²) in [6.45, 7) is 7.06. The molecule has 5 nitrogen and oxygen atoms in total. The molecule has 1 saturated heterocycles. The molecule has 1 N–H and O–H groups in total. The Hall–Kier alpha value is -2.92. The highest BCUT2D eigenvalue weighted by atomic mass is 16.5. The third-order valence-electron chi connectivity index (χ3n) is 7.32. The number of ether oxygens (including phenoxy) is 1. The van der Waals surface area contributed by atoms with Gasteiger partial charge in [-0.3, -0.25) is 9.59 Å². The van der Waals surface area contributed by atoms with Gasteiger partial charge in [-0.15, -0.1) is 0 Å². The Kier molecular flexibility index (Phi) is 6.32. The minimum Gasteiger partial charge on any atom is -0.489 e. The van der Waals surface area contributed by atoms with Crippen molar-refractivity contribution in [2.75, 3.05) is 13.1 Å². The summed E-state index contributed by atoms with van der Waals surface area (Å²) in [5, 5.41) is 3.42. The summed E-state index contributed by atoms with van der Waals surface area (Å²) < 4.78 is 6.18. The van der Waals surface area contributed by atoms with Gasteiger partial charge in [0.15, 0.2) is 5.78 Å². The number of amides is 1. The van der Waals surface area contributed by atoms with Crippen LogP contribution in [0, 0.1) is 0 Å². The van der Waals surface area contributed by atoms with Gasteiger partial charge in [0, 0.05) is 17.5 Å². The molecule has 1 atom stereocenters. The van der Waals surface area contributed by atoms with Crippen molar-refractivity contribution in [1.82, 2.24) is 10.2 Å². The van der Waals surface area contributed by atoms with Gasteiger partial charge in [-0.25, -0.2) is 0 Å². The van der Waals surface area contributed by atoms with Crippen LogP contribution in [0.4, 0.5) is 0 Å². The number of ketones is 1.